The van der Waals surface area contributed by atoms with Crippen molar-refractivity contribution in [2.75, 3.05) is 13.2 Å². The average molecular weight is 330 g/mol. The monoisotopic (exact) mass is 330 g/mol. The number of phenolic OH excluding ortho intramolecular Hbond substituents is 2. The molecule has 0 fully saturated rings. The number of hydrogen-bond donors (Lipinski definition) is 4. The molecule has 0 radical (unpaired) electrons. The van der Waals surface area contributed by atoms with Gasteiger partial charge in [-0.05, 0) is 29.8 Å². The molecule has 0 amide bonds. The van der Waals surface area contributed by atoms with Gasteiger partial charge in [0.1, 0.15) is 0 Å². The number of phenols is 2. The zero-order valence-electron chi connectivity index (χ0n) is 12.8. The second-order valence-electron chi connectivity index (χ2n) is 5.42. The van der Waals surface area contributed by atoms with Gasteiger partial charge in [-0.2, -0.15) is 0 Å². The minimum absolute atomic E-state index is 0.0554. The van der Waals surface area contributed by atoms with E-state index in [1.807, 2.05) is 6.07 Å². The molecule has 2 aromatic rings. The molecule has 6 nitrogen and oxygen atoms in total. The average Bonchev–Trinajstić information content (AvgIpc) is 2.61. The Kier molecular flexibility index (Phi) is 4.59. The lowest BCUT2D eigenvalue weighted by Gasteiger charge is -2.33. The second-order valence-corrected chi connectivity index (χ2v) is 5.42. The van der Waals surface area contributed by atoms with E-state index in [1.165, 1.54) is 12.1 Å². The van der Waals surface area contributed by atoms with E-state index in [4.69, 9.17) is 14.6 Å². The number of aliphatic hydroxyl groups excluding tert-OH is 2. The van der Waals surface area contributed by atoms with Gasteiger partial charge in [0.25, 0.3) is 0 Å². The van der Waals surface area contributed by atoms with Crippen molar-refractivity contribution in [1.82, 2.24) is 0 Å². The van der Waals surface area contributed by atoms with Gasteiger partial charge in [-0.3, -0.25) is 0 Å². The van der Waals surface area contributed by atoms with Crippen LogP contribution >= 0.6 is 0 Å². The van der Waals surface area contributed by atoms with E-state index in [2.05, 4.69) is 0 Å². The molecular weight excluding hydrogens is 312 g/mol. The van der Waals surface area contributed by atoms with Crippen LogP contribution in [0.2, 0.25) is 0 Å². The summed E-state index contributed by atoms with van der Waals surface area (Å²) in [6.07, 6.45) is 2.09. The number of ether oxygens (including phenoxy) is 2. The summed E-state index contributed by atoms with van der Waals surface area (Å²) in [6.45, 7) is -0.331. The van der Waals surface area contributed by atoms with E-state index in [1.54, 1.807) is 30.4 Å². The Morgan fingerprint density at radius 1 is 0.917 bits per heavy atom. The van der Waals surface area contributed by atoms with Crippen LogP contribution in [0.25, 0.3) is 6.08 Å². The molecule has 0 aliphatic carbocycles. The van der Waals surface area contributed by atoms with Gasteiger partial charge in [0.05, 0.1) is 13.2 Å². The quantitative estimate of drug-likeness (QED) is 0.640. The zero-order chi connectivity index (χ0) is 17.1. The van der Waals surface area contributed by atoms with Gasteiger partial charge < -0.3 is 29.9 Å². The van der Waals surface area contributed by atoms with Crippen molar-refractivity contribution in [2.24, 2.45) is 0 Å². The SMILES string of the molecule is OC/C=C/c1ccc2c(c1)O[C@@H](CO)[C@H](c1ccc(O)c(O)c1)O2. The van der Waals surface area contributed by atoms with E-state index in [0.29, 0.717) is 17.1 Å². The molecule has 3 rings (SSSR count). The Labute approximate surface area is 138 Å². The second kappa shape index (κ2) is 6.82. The number of rotatable bonds is 4. The molecular formula is C18H18O6. The molecule has 0 spiro atoms. The fraction of sp³-hybridized carbons (Fsp3) is 0.222. The molecule has 0 bridgehead atoms. The highest BCUT2D eigenvalue weighted by atomic mass is 16.6. The summed E-state index contributed by atoms with van der Waals surface area (Å²) in [5, 5.41) is 37.5. The van der Waals surface area contributed by atoms with E-state index < -0.39 is 12.2 Å². The van der Waals surface area contributed by atoms with Crippen LogP contribution in [0.3, 0.4) is 0 Å². The summed E-state index contributed by atoms with van der Waals surface area (Å²) < 4.78 is 11.7. The van der Waals surface area contributed by atoms with Gasteiger partial charge in [-0.25, -0.2) is 0 Å². The molecule has 0 unspecified atom stereocenters. The van der Waals surface area contributed by atoms with Gasteiger partial charge in [-0.1, -0.05) is 24.3 Å². The molecule has 0 aromatic heterocycles. The van der Waals surface area contributed by atoms with Crippen molar-refractivity contribution >= 4 is 6.08 Å². The summed E-state index contributed by atoms with van der Waals surface area (Å²) in [4.78, 5) is 0. The largest absolute Gasteiger partial charge is 0.504 e. The fourth-order valence-corrected chi connectivity index (χ4v) is 2.58. The van der Waals surface area contributed by atoms with Crippen molar-refractivity contribution in [3.8, 4) is 23.0 Å². The van der Waals surface area contributed by atoms with Gasteiger partial charge >= 0.3 is 0 Å². The standard InChI is InChI=1S/C18H18O6/c19-7-1-2-11-3-6-15-16(8-11)23-17(10-20)18(24-15)12-4-5-13(21)14(22)9-12/h1-6,8-9,17-22H,7,10H2/b2-1+/t17-,18-/m0/s1. The van der Waals surface area contributed by atoms with Crippen molar-refractivity contribution in [3.63, 3.8) is 0 Å². The molecule has 0 saturated heterocycles. The molecule has 2 atom stereocenters. The van der Waals surface area contributed by atoms with Gasteiger partial charge in [0.15, 0.2) is 35.2 Å². The first-order valence-corrected chi connectivity index (χ1v) is 7.50. The molecule has 0 saturated carbocycles. The summed E-state index contributed by atoms with van der Waals surface area (Å²) in [6, 6.07) is 9.67. The predicted molar refractivity (Wildman–Crippen MR) is 87.2 cm³/mol. The Hall–Kier alpha value is -2.70. The highest BCUT2D eigenvalue weighted by Gasteiger charge is 2.33. The number of fused-ring (bicyclic) bond motifs is 1. The molecule has 4 N–H and O–H groups in total. The van der Waals surface area contributed by atoms with Crippen molar-refractivity contribution in [3.05, 3.63) is 53.6 Å². The van der Waals surface area contributed by atoms with Crippen LogP contribution in [0.15, 0.2) is 42.5 Å². The summed E-state index contributed by atoms with van der Waals surface area (Å²) in [7, 11) is 0. The fourth-order valence-electron chi connectivity index (χ4n) is 2.58. The maximum Gasteiger partial charge on any atom is 0.163 e. The van der Waals surface area contributed by atoms with Crippen LogP contribution in [0.5, 0.6) is 23.0 Å². The van der Waals surface area contributed by atoms with Crippen LogP contribution in [0.1, 0.15) is 17.2 Å². The highest BCUT2D eigenvalue weighted by Crippen LogP contribution is 2.41. The minimum atomic E-state index is -0.654. The molecule has 126 valence electrons. The Morgan fingerprint density at radius 3 is 2.46 bits per heavy atom. The lowest BCUT2D eigenvalue weighted by atomic mass is 10.0. The van der Waals surface area contributed by atoms with Crippen molar-refractivity contribution in [2.45, 2.75) is 12.2 Å². The molecule has 1 aliphatic heterocycles. The third-order valence-corrected chi connectivity index (χ3v) is 3.76. The van der Waals surface area contributed by atoms with Crippen LogP contribution in [-0.4, -0.2) is 39.7 Å². The molecule has 6 heteroatoms. The maximum absolute atomic E-state index is 9.67. The lowest BCUT2D eigenvalue weighted by molar-refractivity contribution is -0.0124. The number of benzene rings is 2. The number of hydrogen-bond acceptors (Lipinski definition) is 6. The van der Waals surface area contributed by atoms with Crippen LogP contribution < -0.4 is 9.47 Å². The topological polar surface area (TPSA) is 99.4 Å². The van der Waals surface area contributed by atoms with Gasteiger partial charge in [-0.15, -0.1) is 0 Å². The van der Waals surface area contributed by atoms with Crippen molar-refractivity contribution < 1.29 is 29.9 Å². The zero-order valence-corrected chi connectivity index (χ0v) is 12.8. The summed E-state index contributed by atoms with van der Waals surface area (Å²) in [5.41, 5.74) is 1.42. The van der Waals surface area contributed by atoms with Gasteiger partial charge in [0.2, 0.25) is 0 Å². The number of aliphatic hydroxyl groups is 2. The molecule has 24 heavy (non-hydrogen) atoms. The van der Waals surface area contributed by atoms with Crippen LogP contribution in [0, 0.1) is 0 Å². The van der Waals surface area contributed by atoms with E-state index in [9.17, 15) is 15.3 Å². The van der Waals surface area contributed by atoms with E-state index in [-0.39, 0.29) is 24.7 Å². The van der Waals surface area contributed by atoms with E-state index in [0.717, 1.165) is 5.56 Å². The smallest absolute Gasteiger partial charge is 0.163 e. The van der Waals surface area contributed by atoms with Crippen LogP contribution in [0.4, 0.5) is 0 Å². The van der Waals surface area contributed by atoms with Gasteiger partial charge in [0, 0.05) is 5.56 Å². The first-order valence-electron chi connectivity index (χ1n) is 7.50. The third kappa shape index (κ3) is 3.15. The summed E-state index contributed by atoms with van der Waals surface area (Å²) >= 11 is 0. The Morgan fingerprint density at radius 2 is 1.75 bits per heavy atom. The molecule has 1 heterocycles. The highest BCUT2D eigenvalue weighted by molar-refractivity contribution is 5.56. The van der Waals surface area contributed by atoms with Crippen LogP contribution in [-0.2, 0) is 0 Å². The normalized spacial score (nSPS) is 19.6. The third-order valence-electron chi connectivity index (χ3n) is 3.76. The summed E-state index contributed by atoms with van der Waals surface area (Å²) in [5.74, 6) is 0.520. The minimum Gasteiger partial charge on any atom is -0.504 e. The molecule has 2 aromatic carbocycles. The molecule has 1 aliphatic rings. The first-order chi connectivity index (χ1) is 11.6. The maximum atomic E-state index is 9.67. The van der Waals surface area contributed by atoms with Crippen molar-refractivity contribution in [1.29, 1.82) is 0 Å². The lowest BCUT2D eigenvalue weighted by Crippen LogP contribution is -2.36. The first kappa shape index (κ1) is 16.2. The number of aromatic hydroxyl groups is 2. The predicted octanol–water partition coefficient (Wildman–Crippen LogP) is 1.98. The van der Waals surface area contributed by atoms with E-state index >= 15 is 0 Å². The Bertz CT molecular complexity index is 755. The Balaban J connectivity index is 1.92.